The smallest absolute Gasteiger partial charge is 0.264 e. The molecule has 40 heavy (non-hydrogen) atoms. The summed E-state index contributed by atoms with van der Waals surface area (Å²) in [6.07, 6.45) is 3.88. The van der Waals surface area contributed by atoms with Crippen molar-refractivity contribution in [2.45, 2.75) is 63.1 Å². The quantitative estimate of drug-likeness (QED) is 0.310. The van der Waals surface area contributed by atoms with Gasteiger partial charge in [0.05, 0.1) is 10.6 Å². The predicted octanol–water partition coefficient (Wildman–Crippen LogP) is 5.97. The summed E-state index contributed by atoms with van der Waals surface area (Å²) in [4.78, 5) is 28.8. The van der Waals surface area contributed by atoms with Crippen LogP contribution in [-0.4, -0.2) is 43.8 Å². The lowest BCUT2D eigenvalue weighted by molar-refractivity contribution is -0.139. The van der Waals surface area contributed by atoms with Crippen LogP contribution in [0.5, 0.6) is 0 Å². The molecule has 4 rings (SSSR count). The zero-order chi connectivity index (χ0) is 28.9. The Bertz CT molecular complexity index is 1460. The normalized spacial score (nSPS) is 14.5. The molecule has 1 atom stereocenters. The predicted molar refractivity (Wildman–Crippen MR) is 159 cm³/mol. The topological polar surface area (TPSA) is 86.8 Å². The molecule has 1 saturated carbocycles. The first-order chi connectivity index (χ1) is 19.1. The van der Waals surface area contributed by atoms with Crippen molar-refractivity contribution in [2.24, 2.45) is 0 Å². The molecule has 0 aliphatic heterocycles. The lowest BCUT2D eigenvalue weighted by atomic mass is 10.1. The SMILES string of the molecule is Cc1ccccc1N(CC(=O)N(Cc1ccc(Cl)cc1Cl)[C@@H](C)C(=O)NC1CCCC1)S(=O)(=O)c1ccccc1. The van der Waals surface area contributed by atoms with Gasteiger partial charge in [-0.3, -0.25) is 13.9 Å². The fraction of sp³-hybridized carbons (Fsp3) is 0.333. The van der Waals surface area contributed by atoms with Crippen LogP contribution in [-0.2, 0) is 26.2 Å². The summed E-state index contributed by atoms with van der Waals surface area (Å²) in [6.45, 7) is 2.93. The molecule has 10 heteroatoms. The van der Waals surface area contributed by atoms with Gasteiger partial charge >= 0.3 is 0 Å². The highest BCUT2D eigenvalue weighted by atomic mass is 35.5. The minimum absolute atomic E-state index is 0.00108. The zero-order valence-corrected chi connectivity index (χ0v) is 24.8. The van der Waals surface area contributed by atoms with Gasteiger partial charge in [-0.25, -0.2) is 8.42 Å². The number of rotatable bonds is 10. The van der Waals surface area contributed by atoms with E-state index in [1.54, 1.807) is 74.5 Å². The molecule has 0 unspecified atom stereocenters. The van der Waals surface area contributed by atoms with E-state index in [4.69, 9.17) is 23.2 Å². The van der Waals surface area contributed by atoms with E-state index in [9.17, 15) is 18.0 Å². The zero-order valence-electron chi connectivity index (χ0n) is 22.5. The van der Waals surface area contributed by atoms with Crippen molar-refractivity contribution in [1.82, 2.24) is 10.2 Å². The number of nitrogens with one attached hydrogen (secondary N) is 1. The van der Waals surface area contributed by atoms with Crippen LogP contribution >= 0.6 is 23.2 Å². The molecule has 1 aliphatic rings. The minimum atomic E-state index is -4.11. The average Bonchev–Trinajstić information content (AvgIpc) is 3.45. The summed E-state index contributed by atoms with van der Waals surface area (Å²) in [6, 6.07) is 19.1. The summed E-state index contributed by atoms with van der Waals surface area (Å²) in [5.74, 6) is -0.832. The minimum Gasteiger partial charge on any atom is -0.352 e. The maximum absolute atomic E-state index is 14.1. The number of hydrogen-bond donors (Lipinski definition) is 1. The molecule has 2 amide bonds. The van der Waals surface area contributed by atoms with Crippen LogP contribution in [0.15, 0.2) is 77.7 Å². The summed E-state index contributed by atoms with van der Waals surface area (Å²) in [5, 5.41) is 3.85. The maximum atomic E-state index is 14.1. The fourth-order valence-corrected chi connectivity index (χ4v) is 6.85. The number of para-hydroxylation sites is 1. The van der Waals surface area contributed by atoms with Gasteiger partial charge in [-0.2, -0.15) is 0 Å². The second-order valence-corrected chi connectivity index (χ2v) is 12.7. The summed E-state index contributed by atoms with van der Waals surface area (Å²) in [7, 11) is -4.11. The monoisotopic (exact) mass is 601 g/mol. The van der Waals surface area contributed by atoms with Crippen LogP contribution in [0.4, 0.5) is 5.69 Å². The van der Waals surface area contributed by atoms with Gasteiger partial charge in [-0.05, 0) is 68.1 Å². The molecular weight excluding hydrogens is 569 g/mol. The third kappa shape index (κ3) is 6.97. The van der Waals surface area contributed by atoms with Gasteiger partial charge < -0.3 is 10.2 Å². The van der Waals surface area contributed by atoms with Crippen molar-refractivity contribution in [3.8, 4) is 0 Å². The van der Waals surface area contributed by atoms with Crippen molar-refractivity contribution in [3.63, 3.8) is 0 Å². The number of anilines is 1. The number of sulfonamides is 1. The lowest BCUT2D eigenvalue weighted by Crippen LogP contribution is -2.52. The van der Waals surface area contributed by atoms with Gasteiger partial charge in [0.2, 0.25) is 11.8 Å². The number of nitrogens with zero attached hydrogens (tertiary/aromatic N) is 2. The Hall–Kier alpha value is -3.07. The molecule has 7 nitrogen and oxygen atoms in total. The maximum Gasteiger partial charge on any atom is 0.264 e. The van der Waals surface area contributed by atoms with Crippen LogP contribution in [0.2, 0.25) is 10.0 Å². The molecule has 0 spiro atoms. The first-order valence-electron chi connectivity index (χ1n) is 13.2. The van der Waals surface area contributed by atoms with E-state index in [-0.39, 0.29) is 23.4 Å². The number of amides is 2. The van der Waals surface area contributed by atoms with E-state index < -0.39 is 28.5 Å². The standard InChI is InChI=1S/C30H33Cl2N3O4S/c1-21-10-6-9-15-28(21)35(40(38,39)26-13-4-3-5-14-26)20-29(36)34(19-23-16-17-24(31)18-27(23)32)22(2)30(37)33-25-11-7-8-12-25/h3-6,9-10,13-18,22,25H,7-8,11-12,19-20H2,1-2H3,(H,33,37)/t22-/m0/s1. The Morgan fingerprint density at radius 2 is 1.62 bits per heavy atom. The molecule has 0 aromatic heterocycles. The molecule has 1 aliphatic carbocycles. The van der Waals surface area contributed by atoms with Crippen LogP contribution in [0, 0.1) is 6.92 Å². The van der Waals surface area contributed by atoms with E-state index in [1.807, 2.05) is 0 Å². The molecular formula is C30H33Cl2N3O4S. The Morgan fingerprint density at radius 3 is 2.27 bits per heavy atom. The molecule has 0 saturated heterocycles. The highest BCUT2D eigenvalue weighted by Gasteiger charge is 2.34. The first kappa shape index (κ1) is 29.9. The largest absolute Gasteiger partial charge is 0.352 e. The van der Waals surface area contributed by atoms with Gasteiger partial charge in [0.15, 0.2) is 0 Å². The van der Waals surface area contributed by atoms with Gasteiger partial charge in [0, 0.05) is 22.6 Å². The third-order valence-corrected chi connectivity index (χ3v) is 9.58. The number of halogens is 2. The van der Waals surface area contributed by atoms with Gasteiger partial charge in [-0.1, -0.05) is 78.5 Å². The number of aryl methyl sites for hydroxylation is 1. The molecule has 0 bridgehead atoms. The Morgan fingerprint density at radius 1 is 0.975 bits per heavy atom. The van der Waals surface area contributed by atoms with Crippen LogP contribution in [0.25, 0.3) is 0 Å². The molecule has 212 valence electrons. The molecule has 3 aromatic carbocycles. The van der Waals surface area contributed by atoms with E-state index >= 15 is 0 Å². The molecule has 1 fully saturated rings. The van der Waals surface area contributed by atoms with Crippen molar-refractivity contribution in [3.05, 3.63) is 94.0 Å². The van der Waals surface area contributed by atoms with Gasteiger partial charge in [0.25, 0.3) is 10.0 Å². The van der Waals surface area contributed by atoms with Gasteiger partial charge in [0.1, 0.15) is 12.6 Å². The fourth-order valence-electron chi connectivity index (χ4n) is 4.88. The average molecular weight is 603 g/mol. The second-order valence-electron chi connectivity index (χ2n) is 10.0. The van der Waals surface area contributed by atoms with Crippen LogP contribution < -0.4 is 9.62 Å². The first-order valence-corrected chi connectivity index (χ1v) is 15.4. The van der Waals surface area contributed by atoms with E-state index in [0.29, 0.717) is 26.9 Å². The molecule has 0 radical (unpaired) electrons. The van der Waals surface area contributed by atoms with Crippen molar-refractivity contribution < 1.29 is 18.0 Å². The van der Waals surface area contributed by atoms with Crippen molar-refractivity contribution >= 4 is 50.7 Å². The summed E-state index contributed by atoms with van der Waals surface area (Å²) < 4.78 is 28.8. The van der Waals surface area contributed by atoms with Crippen LogP contribution in [0.3, 0.4) is 0 Å². The molecule has 1 N–H and O–H groups in total. The number of hydrogen-bond acceptors (Lipinski definition) is 4. The number of benzene rings is 3. The Labute approximate surface area is 246 Å². The van der Waals surface area contributed by atoms with Crippen molar-refractivity contribution in [1.29, 1.82) is 0 Å². The Balaban J connectivity index is 1.70. The summed E-state index contributed by atoms with van der Waals surface area (Å²) >= 11 is 12.5. The Kier molecular flexibility index (Phi) is 9.77. The highest BCUT2D eigenvalue weighted by molar-refractivity contribution is 7.92. The highest BCUT2D eigenvalue weighted by Crippen LogP contribution is 2.28. The van der Waals surface area contributed by atoms with E-state index in [0.717, 1.165) is 30.0 Å². The van der Waals surface area contributed by atoms with Crippen molar-refractivity contribution in [2.75, 3.05) is 10.8 Å². The molecule has 0 heterocycles. The van der Waals surface area contributed by atoms with E-state index in [2.05, 4.69) is 5.32 Å². The van der Waals surface area contributed by atoms with E-state index in [1.165, 1.54) is 17.0 Å². The lowest BCUT2D eigenvalue weighted by Gasteiger charge is -2.33. The van der Waals surface area contributed by atoms with Gasteiger partial charge in [-0.15, -0.1) is 0 Å². The number of carbonyl (C=O) groups excluding carboxylic acids is 2. The van der Waals surface area contributed by atoms with Crippen LogP contribution in [0.1, 0.15) is 43.7 Å². The summed E-state index contributed by atoms with van der Waals surface area (Å²) in [5.41, 5.74) is 1.66. The third-order valence-electron chi connectivity index (χ3n) is 7.22. The second kappa shape index (κ2) is 13.1. The molecule has 3 aromatic rings. The number of carbonyl (C=O) groups is 2.